The third-order valence-electron chi connectivity index (χ3n) is 5.16. The van der Waals surface area contributed by atoms with Crippen LogP contribution >= 0.6 is 11.6 Å². The largest absolute Gasteiger partial charge is 0.324 e. The average molecular weight is 356 g/mol. The van der Waals surface area contributed by atoms with Crippen LogP contribution in [0.4, 0.5) is 10.5 Å². The van der Waals surface area contributed by atoms with E-state index < -0.39 is 0 Å². The Morgan fingerprint density at radius 3 is 2.64 bits per heavy atom. The highest BCUT2D eigenvalue weighted by Crippen LogP contribution is 2.40. The summed E-state index contributed by atoms with van der Waals surface area (Å²) in [5.41, 5.74) is 2.37. The van der Waals surface area contributed by atoms with Crippen LogP contribution < -0.4 is 5.32 Å². The number of nitrogens with zero attached hydrogens (tertiary/aromatic N) is 2. The predicted octanol–water partition coefficient (Wildman–Crippen LogP) is 4.08. The number of carbonyl (C=O) groups excluding carboxylic acids is 1. The molecule has 0 radical (unpaired) electrons. The maximum atomic E-state index is 12.4. The monoisotopic (exact) mass is 355 g/mol. The molecule has 1 N–H and O–H groups in total. The Labute approximate surface area is 153 Å². The third kappa shape index (κ3) is 3.65. The lowest BCUT2D eigenvalue weighted by molar-refractivity contribution is 0.00484. The number of hydrogen-bond acceptors (Lipinski definition) is 2. The lowest BCUT2D eigenvalue weighted by Crippen LogP contribution is -2.57. The molecule has 0 saturated carbocycles. The summed E-state index contributed by atoms with van der Waals surface area (Å²) in [5, 5.41) is 3.78. The molecular weight excluding hydrogens is 334 g/mol. The number of para-hydroxylation sites is 1. The average Bonchev–Trinajstić information content (AvgIpc) is 3.01. The highest BCUT2D eigenvalue weighted by Gasteiger charge is 2.48. The van der Waals surface area contributed by atoms with Gasteiger partial charge in [0.15, 0.2) is 0 Å². The second-order valence-electron chi connectivity index (χ2n) is 7.24. The Morgan fingerprint density at radius 2 is 1.88 bits per heavy atom. The van der Waals surface area contributed by atoms with Crippen LogP contribution in [0.3, 0.4) is 0 Å². The smallest absolute Gasteiger partial charge is 0.321 e. The van der Waals surface area contributed by atoms with Crippen molar-refractivity contribution in [1.29, 1.82) is 0 Å². The fraction of sp³-hybridized carbons (Fsp3) is 0.350. The van der Waals surface area contributed by atoms with E-state index in [0.29, 0.717) is 0 Å². The van der Waals surface area contributed by atoms with E-state index in [-0.39, 0.29) is 11.4 Å². The van der Waals surface area contributed by atoms with Crippen molar-refractivity contribution in [2.45, 2.75) is 13.0 Å². The normalized spacial score (nSPS) is 19.0. The molecule has 2 aromatic rings. The van der Waals surface area contributed by atoms with Gasteiger partial charge in [-0.25, -0.2) is 4.79 Å². The van der Waals surface area contributed by atoms with Crippen LogP contribution in [0.15, 0.2) is 54.6 Å². The Balaban J connectivity index is 1.29. The second kappa shape index (κ2) is 6.70. The van der Waals surface area contributed by atoms with Crippen LogP contribution in [0.1, 0.15) is 12.0 Å². The summed E-state index contributed by atoms with van der Waals surface area (Å²) in [4.78, 5) is 16.8. The first-order valence-electron chi connectivity index (χ1n) is 8.70. The molecule has 0 unspecified atom stereocenters. The summed E-state index contributed by atoms with van der Waals surface area (Å²) in [7, 11) is 0. The topological polar surface area (TPSA) is 35.6 Å². The van der Waals surface area contributed by atoms with Gasteiger partial charge in [-0.05, 0) is 36.2 Å². The van der Waals surface area contributed by atoms with Crippen molar-refractivity contribution in [1.82, 2.24) is 9.80 Å². The van der Waals surface area contributed by atoms with Crippen LogP contribution in [-0.2, 0) is 6.54 Å². The van der Waals surface area contributed by atoms with Crippen molar-refractivity contribution in [3.8, 4) is 0 Å². The fourth-order valence-corrected chi connectivity index (χ4v) is 4.21. The first-order valence-corrected chi connectivity index (χ1v) is 9.08. The van der Waals surface area contributed by atoms with Gasteiger partial charge in [0, 0.05) is 48.8 Å². The molecule has 25 heavy (non-hydrogen) atoms. The number of halogens is 1. The van der Waals surface area contributed by atoms with Gasteiger partial charge in [-0.1, -0.05) is 41.9 Å². The van der Waals surface area contributed by atoms with E-state index in [1.165, 1.54) is 5.56 Å². The summed E-state index contributed by atoms with van der Waals surface area (Å²) in [6, 6.07) is 17.7. The maximum absolute atomic E-state index is 12.4. The zero-order valence-corrected chi connectivity index (χ0v) is 14.9. The molecule has 0 aromatic heterocycles. The zero-order chi connectivity index (χ0) is 17.3. The molecule has 0 aliphatic carbocycles. The van der Waals surface area contributed by atoms with Crippen LogP contribution in [0, 0.1) is 5.41 Å². The van der Waals surface area contributed by atoms with E-state index in [9.17, 15) is 4.79 Å². The lowest BCUT2D eigenvalue weighted by atomic mass is 9.79. The minimum Gasteiger partial charge on any atom is -0.324 e. The van der Waals surface area contributed by atoms with Crippen molar-refractivity contribution in [3.05, 3.63) is 65.2 Å². The highest BCUT2D eigenvalue weighted by atomic mass is 35.5. The molecule has 1 spiro atoms. The summed E-state index contributed by atoms with van der Waals surface area (Å²) < 4.78 is 0. The SMILES string of the molecule is O=C(Nc1ccccc1)N1CCC2(CN(Cc3cccc(Cl)c3)C2)C1. The lowest BCUT2D eigenvalue weighted by Gasteiger charge is -2.48. The Morgan fingerprint density at radius 1 is 1.08 bits per heavy atom. The van der Waals surface area contributed by atoms with E-state index in [2.05, 4.69) is 16.3 Å². The van der Waals surface area contributed by atoms with Crippen molar-refractivity contribution in [2.75, 3.05) is 31.5 Å². The van der Waals surface area contributed by atoms with Gasteiger partial charge < -0.3 is 10.2 Å². The van der Waals surface area contributed by atoms with Crippen LogP contribution in [-0.4, -0.2) is 42.0 Å². The number of benzene rings is 2. The minimum absolute atomic E-state index is 0.0105. The molecular formula is C20H22ClN3O. The Bertz CT molecular complexity index is 759. The first-order chi connectivity index (χ1) is 12.1. The quantitative estimate of drug-likeness (QED) is 0.900. The molecule has 130 valence electrons. The van der Waals surface area contributed by atoms with E-state index in [1.807, 2.05) is 53.4 Å². The fourth-order valence-electron chi connectivity index (χ4n) is 4.00. The molecule has 0 bridgehead atoms. The van der Waals surface area contributed by atoms with Gasteiger partial charge in [0.25, 0.3) is 0 Å². The van der Waals surface area contributed by atoms with Crippen molar-refractivity contribution in [2.24, 2.45) is 5.41 Å². The Hall–Kier alpha value is -2.04. The van der Waals surface area contributed by atoms with Crippen LogP contribution in [0.25, 0.3) is 0 Å². The summed E-state index contributed by atoms with van der Waals surface area (Å²) >= 11 is 6.06. The minimum atomic E-state index is 0.0105. The summed E-state index contributed by atoms with van der Waals surface area (Å²) in [6.07, 6.45) is 1.08. The molecule has 2 fully saturated rings. The third-order valence-corrected chi connectivity index (χ3v) is 5.40. The number of likely N-dealkylation sites (tertiary alicyclic amines) is 2. The van der Waals surface area contributed by atoms with Crippen LogP contribution in [0.2, 0.25) is 5.02 Å². The van der Waals surface area contributed by atoms with Gasteiger partial charge in [-0.2, -0.15) is 0 Å². The number of carbonyl (C=O) groups is 1. The summed E-state index contributed by atoms with van der Waals surface area (Å²) in [5.74, 6) is 0. The standard InChI is InChI=1S/C20H22ClN3O/c21-17-6-4-5-16(11-17)12-23-13-20(14-23)9-10-24(15-20)19(25)22-18-7-2-1-3-8-18/h1-8,11H,9-10,12-15H2,(H,22,25). The van der Waals surface area contributed by atoms with Crippen molar-refractivity contribution in [3.63, 3.8) is 0 Å². The number of nitrogens with one attached hydrogen (secondary N) is 1. The molecule has 2 aliphatic heterocycles. The van der Waals surface area contributed by atoms with Crippen molar-refractivity contribution >= 4 is 23.3 Å². The van der Waals surface area contributed by atoms with Gasteiger partial charge in [0.2, 0.25) is 0 Å². The van der Waals surface area contributed by atoms with E-state index in [0.717, 1.165) is 49.9 Å². The number of hydrogen-bond donors (Lipinski definition) is 1. The first kappa shape index (κ1) is 16.4. The highest BCUT2D eigenvalue weighted by molar-refractivity contribution is 6.30. The van der Waals surface area contributed by atoms with Gasteiger partial charge >= 0.3 is 6.03 Å². The van der Waals surface area contributed by atoms with Gasteiger partial charge in [0.05, 0.1) is 0 Å². The molecule has 2 aliphatic rings. The number of urea groups is 1. The van der Waals surface area contributed by atoms with Crippen molar-refractivity contribution < 1.29 is 4.79 Å². The number of amides is 2. The van der Waals surface area contributed by atoms with Gasteiger partial charge in [0.1, 0.15) is 0 Å². The maximum Gasteiger partial charge on any atom is 0.321 e. The molecule has 2 saturated heterocycles. The van der Waals surface area contributed by atoms with Gasteiger partial charge in [-0.3, -0.25) is 4.90 Å². The molecule has 0 atom stereocenters. The second-order valence-corrected chi connectivity index (χ2v) is 7.68. The molecule has 2 aromatic carbocycles. The number of rotatable bonds is 3. The van der Waals surface area contributed by atoms with Gasteiger partial charge in [-0.15, -0.1) is 0 Å². The van der Waals surface area contributed by atoms with E-state index >= 15 is 0 Å². The molecule has 2 heterocycles. The zero-order valence-electron chi connectivity index (χ0n) is 14.1. The molecule has 5 heteroatoms. The van der Waals surface area contributed by atoms with E-state index in [1.54, 1.807) is 0 Å². The van der Waals surface area contributed by atoms with Crippen LogP contribution in [0.5, 0.6) is 0 Å². The molecule has 2 amide bonds. The summed E-state index contributed by atoms with van der Waals surface area (Å²) in [6.45, 7) is 4.71. The molecule has 4 rings (SSSR count). The van der Waals surface area contributed by atoms with E-state index in [4.69, 9.17) is 11.6 Å². The number of anilines is 1. The Kier molecular flexibility index (Phi) is 4.40. The predicted molar refractivity (Wildman–Crippen MR) is 101 cm³/mol. The molecule has 4 nitrogen and oxygen atoms in total.